The molecule has 1 aromatic rings. The van der Waals surface area contributed by atoms with E-state index >= 15 is 0 Å². The Morgan fingerprint density at radius 3 is 2.71 bits per heavy atom. The maximum Gasteiger partial charge on any atom is 0.133 e. The molecule has 0 N–H and O–H groups in total. The maximum absolute atomic E-state index is 10.6. The van der Waals surface area contributed by atoms with Gasteiger partial charge in [0.05, 0.1) is 6.26 Å². The minimum atomic E-state index is 0.143. The van der Waals surface area contributed by atoms with Gasteiger partial charge in [0.15, 0.2) is 0 Å². The number of ether oxygens (including phenoxy) is 1. The lowest BCUT2D eigenvalue weighted by molar-refractivity contribution is -0.116. The first-order valence-electron chi connectivity index (χ1n) is 4.59. The lowest BCUT2D eigenvalue weighted by atomic mass is 10.2. The summed E-state index contributed by atoms with van der Waals surface area (Å²) < 4.78 is 5.24. The van der Waals surface area contributed by atoms with Crippen molar-refractivity contribution in [3.63, 3.8) is 0 Å². The Morgan fingerprint density at radius 2 is 2.07 bits per heavy atom. The Bertz CT molecular complexity index is 301. The molecule has 0 aliphatic rings. The number of Topliss-reactive ketones (excluding diaryl/α,β-unsaturated/α-hetero) is 1. The van der Waals surface area contributed by atoms with Gasteiger partial charge in [-0.2, -0.15) is 0 Å². The second kappa shape index (κ2) is 5.97. The van der Waals surface area contributed by atoms with Gasteiger partial charge in [0, 0.05) is 6.42 Å². The summed E-state index contributed by atoms with van der Waals surface area (Å²) in [7, 11) is 0. The van der Waals surface area contributed by atoms with E-state index in [1.54, 1.807) is 19.3 Å². The monoisotopic (exact) mass is 190 g/mol. The topological polar surface area (TPSA) is 26.3 Å². The summed E-state index contributed by atoms with van der Waals surface area (Å²) in [4.78, 5) is 10.6. The molecule has 0 spiro atoms. The molecule has 0 aliphatic carbocycles. The van der Waals surface area contributed by atoms with E-state index in [1.165, 1.54) is 0 Å². The zero-order valence-electron chi connectivity index (χ0n) is 8.27. The third-order valence-corrected chi connectivity index (χ3v) is 1.69. The average molecular weight is 190 g/mol. The largest absolute Gasteiger partial charge is 0.497 e. The molecule has 0 atom stereocenters. The number of allylic oxidation sites excluding steroid dienone is 1. The highest BCUT2D eigenvalue weighted by molar-refractivity contribution is 5.76. The van der Waals surface area contributed by atoms with Crippen molar-refractivity contribution in [1.29, 1.82) is 0 Å². The standard InChI is InChI=1S/C12H14O2/c1-11(13)6-5-9-14-10-12-7-3-2-4-8-12/h2-5,7-9H,6,10H2,1H3/b9-5+. The van der Waals surface area contributed by atoms with Crippen LogP contribution in [0.4, 0.5) is 0 Å². The summed E-state index contributed by atoms with van der Waals surface area (Å²) in [5, 5.41) is 0. The lowest BCUT2D eigenvalue weighted by Gasteiger charge is -1.99. The molecule has 0 unspecified atom stereocenters. The van der Waals surface area contributed by atoms with Crippen LogP contribution >= 0.6 is 0 Å². The van der Waals surface area contributed by atoms with Crippen LogP contribution in [0, 0.1) is 0 Å². The molecule has 14 heavy (non-hydrogen) atoms. The molecule has 2 nitrogen and oxygen atoms in total. The van der Waals surface area contributed by atoms with Crippen molar-refractivity contribution in [1.82, 2.24) is 0 Å². The van der Waals surface area contributed by atoms with Crippen LogP contribution in [-0.2, 0) is 16.1 Å². The highest BCUT2D eigenvalue weighted by atomic mass is 16.5. The van der Waals surface area contributed by atoms with Gasteiger partial charge >= 0.3 is 0 Å². The van der Waals surface area contributed by atoms with E-state index in [0.717, 1.165) is 5.56 Å². The van der Waals surface area contributed by atoms with Gasteiger partial charge in [0.1, 0.15) is 12.4 Å². The summed E-state index contributed by atoms with van der Waals surface area (Å²) in [6.45, 7) is 2.11. The highest BCUT2D eigenvalue weighted by Crippen LogP contribution is 2.00. The third kappa shape index (κ3) is 4.45. The first-order valence-corrected chi connectivity index (χ1v) is 4.59. The molecule has 0 saturated carbocycles. The van der Waals surface area contributed by atoms with Crippen molar-refractivity contribution in [3.8, 4) is 0 Å². The van der Waals surface area contributed by atoms with E-state index in [0.29, 0.717) is 13.0 Å². The van der Waals surface area contributed by atoms with Gasteiger partial charge in [-0.05, 0) is 18.6 Å². The molecule has 0 aromatic heterocycles. The summed E-state index contributed by atoms with van der Waals surface area (Å²) in [6, 6.07) is 9.91. The van der Waals surface area contributed by atoms with Gasteiger partial charge in [-0.15, -0.1) is 0 Å². The van der Waals surface area contributed by atoms with Crippen molar-refractivity contribution in [2.75, 3.05) is 0 Å². The Kier molecular flexibility index (Phi) is 4.48. The minimum absolute atomic E-state index is 0.143. The Labute approximate surface area is 84.2 Å². The van der Waals surface area contributed by atoms with Crippen LogP contribution in [0.5, 0.6) is 0 Å². The zero-order chi connectivity index (χ0) is 10.2. The lowest BCUT2D eigenvalue weighted by Crippen LogP contribution is -1.87. The van der Waals surface area contributed by atoms with Gasteiger partial charge in [-0.3, -0.25) is 4.79 Å². The van der Waals surface area contributed by atoms with Crippen molar-refractivity contribution in [2.24, 2.45) is 0 Å². The number of hydrogen-bond donors (Lipinski definition) is 0. The fourth-order valence-electron chi connectivity index (χ4n) is 1.00. The molecule has 2 heteroatoms. The molecule has 0 heterocycles. The smallest absolute Gasteiger partial charge is 0.133 e. The number of carbonyl (C=O) groups is 1. The first-order chi connectivity index (χ1) is 6.79. The fourth-order valence-corrected chi connectivity index (χ4v) is 1.00. The van der Waals surface area contributed by atoms with Crippen molar-refractivity contribution in [2.45, 2.75) is 20.0 Å². The molecule has 0 fully saturated rings. The van der Waals surface area contributed by atoms with Gasteiger partial charge in [-0.1, -0.05) is 30.3 Å². The summed E-state index contributed by atoms with van der Waals surface area (Å²) in [5.41, 5.74) is 1.12. The predicted octanol–water partition coefficient (Wildman–Crippen LogP) is 2.70. The van der Waals surface area contributed by atoms with E-state index in [4.69, 9.17) is 4.74 Å². The normalized spacial score (nSPS) is 10.4. The molecule has 0 amide bonds. The molecule has 1 aromatic carbocycles. The number of rotatable bonds is 5. The summed E-state index contributed by atoms with van der Waals surface area (Å²) >= 11 is 0. The molecule has 0 bridgehead atoms. The Balaban J connectivity index is 2.22. The minimum Gasteiger partial charge on any atom is -0.497 e. The zero-order valence-corrected chi connectivity index (χ0v) is 8.27. The van der Waals surface area contributed by atoms with Crippen LogP contribution in [0.3, 0.4) is 0 Å². The summed E-state index contributed by atoms with van der Waals surface area (Å²) in [5.74, 6) is 0.143. The quantitative estimate of drug-likeness (QED) is 0.667. The molecule has 0 saturated heterocycles. The van der Waals surface area contributed by atoms with Gasteiger partial charge in [-0.25, -0.2) is 0 Å². The second-order valence-corrected chi connectivity index (χ2v) is 3.07. The Hall–Kier alpha value is -1.57. The van der Waals surface area contributed by atoms with E-state index in [2.05, 4.69) is 0 Å². The van der Waals surface area contributed by atoms with E-state index in [-0.39, 0.29) is 5.78 Å². The second-order valence-electron chi connectivity index (χ2n) is 3.07. The van der Waals surface area contributed by atoms with E-state index < -0.39 is 0 Å². The van der Waals surface area contributed by atoms with Crippen LogP contribution in [-0.4, -0.2) is 5.78 Å². The molecule has 0 radical (unpaired) electrons. The molecule has 1 rings (SSSR count). The number of ketones is 1. The van der Waals surface area contributed by atoms with Crippen molar-refractivity contribution >= 4 is 5.78 Å². The average Bonchev–Trinajstić information content (AvgIpc) is 2.18. The van der Waals surface area contributed by atoms with Crippen molar-refractivity contribution in [3.05, 3.63) is 48.2 Å². The highest BCUT2D eigenvalue weighted by Gasteiger charge is 1.88. The molecular formula is C12H14O2. The van der Waals surface area contributed by atoms with Gasteiger partial charge < -0.3 is 4.74 Å². The molecular weight excluding hydrogens is 176 g/mol. The third-order valence-electron chi connectivity index (χ3n) is 1.69. The number of benzene rings is 1. The van der Waals surface area contributed by atoms with Gasteiger partial charge in [0.2, 0.25) is 0 Å². The van der Waals surface area contributed by atoms with Crippen LogP contribution in [0.2, 0.25) is 0 Å². The molecule has 0 aliphatic heterocycles. The first kappa shape index (κ1) is 10.5. The fraction of sp³-hybridized carbons (Fsp3) is 0.250. The van der Waals surface area contributed by atoms with Crippen LogP contribution in [0.15, 0.2) is 42.7 Å². The van der Waals surface area contributed by atoms with Crippen LogP contribution in [0.25, 0.3) is 0 Å². The molecule has 74 valence electrons. The van der Waals surface area contributed by atoms with Gasteiger partial charge in [0.25, 0.3) is 0 Å². The van der Waals surface area contributed by atoms with Crippen molar-refractivity contribution < 1.29 is 9.53 Å². The van der Waals surface area contributed by atoms with E-state index in [9.17, 15) is 4.79 Å². The maximum atomic E-state index is 10.6. The SMILES string of the molecule is CC(=O)C/C=C/OCc1ccccc1. The predicted molar refractivity (Wildman–Crippen MR) is 55.7 cm³/mol. The number of hydrogen-bond acceptors (Lipinski definition) is 2. The number of carbonyl (C=O) groups excluding carboxylic acids is 1. The Morgan fingerprint density at radius 1 is 1.36 bits per heavy atom. The van der Waals surface area contributed by atoms with E-state index in [1.807, 2.05) is 30.3 Å². The summed E-state index contributed by atoms with van der Waals surface area (Å²) in [6.07, 6.45) is 3.74. The van der Waals surface area contributed by atoms with Crippen LogP contribution < -0.4 is 0 Å². The van der Waals surface area contributed by atoms with Crippen LogP contribution in [0.1, 0.15) is 18.9 Å².